The number of carbonyl (C=O) groups excluding carboxylic acids is 1. The number of hydrogen-bond acceptors (Lipinski definition) is 4. The Kier molecular flexibility index (Phi) is 4.66. The van der Waals surface area contributed by atoms with Gasteiger partial charge in [-0.15, -0.1) is 0 Å². The van der Waals surface area contributed by atoms with E-state index in [2.05, 4.69) is 21.2 Å². The van der Waals surface area contributed by atoms with E-state index in [4.69, 9.17) is 0 Å². The second-order valence-corrected chi connectivity index (χ2v) is 4.67. The van der Waals surface area contributed by atoms with Crippen LogP contribution in [0.3, 0.4) is 0 Å². The van der Waals surface area contributed by atoms with Crippen LogP contribution in [0, 0.1) is 5.92 Å². The third kappa shape index (κ3) is 3.51. The molecule has 0 saturated heterocycles. The summed E-state index contributed by atoms with van der Waals surface area (Å²) in [6.07, 6.45) is 7.32. The maximum absolute atomic E-state index is 12.1. The molecule has 2 rings (SSSR count). The number of amides is 1. The summed E-state index contributed by atoms with van der Waals surface area (Å²) in [5.41, 5.74) is 6.99. The summed E-state index contributed by atoms with van der Waals surface area (Å²) < 4.78 is 0. The Morgan fingerprint density at radius 3 is 2.50 bits per heavy atom. The number of aromatic nitrogens is 1. The Morgan fingerprint density at radius 2 is 1.89 bits per heavy atom. The van der Waals surface area contributed by atoms with Gasteiger partial charge >= 0.3 is 0 Å². The minimum atomic E-state index is 0.129. The number of nitrogens with zero attached hydrogens (tertiary/aromatic N) is 1. The van der Waals surface area contributed by atoms with Crippen LogP contribution in [0.2, 0.25) is 0 Å². The first-order valence-electron chi connectivity index (χ1n) is 6.42. The molecule has 98 valence electrons. The monoisotopic (exact) mass is 248 g/mol. The summed E-state index contributed by atoms with van der Waals surface area (Å²) in [6, 6.07) is 4.11. The van der Waals surface area contributed by atoms with Crippen molar-refractivity contribution in [1.29, 1.82) is 0 Å². The van der Waals surface area contributed by atoms with Crippen molar-refractivity contribution in [3.05, 3.63) is 24.5 Å². The summed E-state index contributed by atoms with van der Waals surface area (Å²) in [7, 11) is 1.88. The fraction of sp³-hybridized carbons (Fsp3) is 0.538. The minimum Gasteiger partial charge on any atom is -0.326 e. The Labute approximate surface area is 107 Å². The molecule has 1 aliphatic carbocycles. The van der Waals surface area contributed by atoms with Gasteiger partial charge in [-0.1, -0.05) is 0 Å². The van der Waals surface area contributed by atoms with E-state index in [-0.39, 0.29) is 11.8 Å². The van der Waals surface area contributed by atoms with Crippen molar-refractivity contribution in [1.82, 2.24) is 15.8 Å². The van der Waals surface area contributed by atoms with Crippen molar-refractivity contribution < 1.29 is 4.79 Å². The van der Waals surface area contributed by atoms with Crippen molar-refractivity contribution in [2.75, 3.05) is 12.4 Å². The van der Waals surface area contributed by atoms with Gasteiger partial charge in [-0.2, -0.15) is 0 Å². The Balaban J connectivity index is 1.81. The highest BCUT2D eigenvalue weighted by Gasteiger charge is 2.25. The van der Waals surface area contributed by atoms with Crippen LogP contribution in [0.5, 0.6) is 0 Å². The third-order valence-corrected chi connectivity index (χ3v) is 3.39. The van der Waals surface area contributed by atoms with Gasteiger partial charge < -0.3 is 5.32 Å². The number of hydrogen-bond donors (Lipinski definition) is 3. The zero-order valence-corrected chi connectivity index (χ0v) is 10.6. The lowest BCUT2D eigenvalue weighted by Gasteiger charge is -2.28. The molecule has 1 aromatic rings. The maximum Gasteiger partial charge on any atom is 0.227 e. The summed E-state index contributed by atoms with van der Waals surface area (Å²) in [4.78, 5) is 16.0. The highest BCUT2D eigenvalue weighted by atomic mass is 16.1. The maximum atomic E-state index is 12.1. The summed E-state index contributed by atoms with van der Waals surface area (Å²) in [6.45, 7) is 0. The molecule has 0 aliphatic heterocycles. The third-order valence-electron chi connectivity index (χ3n) is 3.39. The Hall–Kier alpha value is -1.46. The minimum absolute atomic E-state index is 0.129. The number of carbonyl (C=O) groups is 1. The summed E-state index contributed by atoms with van der Waals surface area (Å²) in [5.74, 6) is 0.261. The van der Waals surface area contributed by atoms with Gasteiger partial charge in [-0.05, 0) is 44.9 Å². The first kappa shape index (κ1) is 13.0. The Bertz CT molecular complexity index is 374. The largest absolute Gasteiger partial charge is 0.326 e. The number of pyridine rings is 1. The lowest BCUT2D eigenvalue weighted by molar-refractivity contribution is -0.120. The zero-order chi connectivity index (χ0) is 12.8. The van der Waals surface area contributed by atoms with E-state index < -0.39 is 0 Å². The van der Waals surface area contributed by atoms with Gasteiger partial charge in [0.15, 0.2) is 0 Å². The van der Waals surface area contributed by atoms with E-state index >= 15 is 0 Å². The molecule has 0 radical (unpaired) electrons. The first-order chi connectivity index (χ1) is 8.79. The quantitative estimate of drug-likeness (QED) is 0.703. The standard InChI is InChI=1S/C13H20N4O/c1-14-17-12-4-2-10(3-5-12)13(18)16-11-6-8-15-9-7-11/h6-10,12,14,17H,2-5H2,1H3,(H,15,16,18). The van der Waals surface area contributed by atoms with Crippen LogP contribution in [0.25, 0.3) is 0 Å². The van der Waals surface area contributed by atoms with E-state index in [1.807, 2.05) is 19.2 Å². The summed E-state index contributed by atoms with van der Waals surface area (Å²) >= 11 is 0. The molecule has 1 amide bonds. The van der Waals surface area contributed by atoms with Gasteiger partial charge in [0.2, 0.25) is 5.91 Å². The molecule has 5 heteroatoms. The predicted octanol–water partition coefficient (Wildman–Crippen LogP) is 1.30. The van der Waals surface area contributed by atoms with Gasteiger partial charge in [0.1, 0.15) is 0 Å². The van der Waals surface area contributed by atoms with Crippen LogP contribution in [0.4, 0.5) is 5.69 Å². The molecule has 0 atom stereocenters. The molecular formula is C13H20N4O. The van der Waals surface area contributed by atoms with Gasteiger partial charge in [-0.25, -0.2) is 0 Å². The van der Waals surface area contributed by atoms with Gasteiger partial charge in [0.05, 0.1) is 0 Å². The SMILES string of the molecule is CNNC1CCC(C(=O)Nc2ccncc2)CC1. The fourth-order valence-corrected chi connectivity index (χ4v) is 2.38. The lowest BCUT2D eigenvalue weighted by atomic mass is 9.85. The molecule has 1 fully saturated rings. The number of anilines is 1. The van der Waals surface area contributed by atoms with Crippen molar-refractivity contribution in [3.8, 4) is 0 Å². The van der Waals surface area contributed by atoms with Crippen LogP contribution in [-0.4, -0.2) is 24.0 Å². The van der Waals surface area contributed by atoms with Crippen molar-refractivity contribution in [2.24, 2.45) is 5.92 Å². The van der Waals surface area contributed by atoms with Crippen LogP contribution < -0.4 is 16.2 Å². The molecule has 0 unspecified atom stereocenters. The Morgan fingerprint density at radius 1 is 1.22 bits per heavy atom. The van der Waals surface area contributed by atoms with E-state index in [9.17, 15) is 4.79 Å². The molecule has 1 heterocycles. The number of rotatable bonds is 4. The van der Waals surface area contributed by atoms with Gasteiger partial charge in [-0.3, -0.25) is 20.6 Å². The highest BCUT2D eigenvalue weighted by molar-refractivity contribution is 5.92. The zero-order valence-electron chi connectivity index (χ0n) is 10.6. The predicted molar refractivity (Wildman–Crippen MR) is 70.8 cm³/mol. The molecule has 0 bridgehead atoms. The average molecular weight is 248 g/mol. The van der Waals surface area contributed by atoms with Crippen LogP contribution in [0.15, 0.2) is 24.5 Å². The molecule has 0 aromatic carbocycles. The van der Waals surface area contributed by atoms with Crippen LogP contribution >= 0.6 is 0 Å². The molecule has 0 spiro atoms. The van der Waals surface area contributed by atoms with Gasteiger partial charge in [0, 0.05) is 30.0 Å². The topological polar surface area (TPSA) is 66.0 Å². The smallest absolute Gasteiger partial charge is 0.227 e. The van der Waals surface area contributed by atoms with Crippen LogP contribution in [-0.2, 0) is 4.79 Å². The normalized spacial score (nSPS) is 23.6. The average Bonchev–Trinajstić information content (AvgIpc) is 2.41. The number of hydrazine groups is 1. The highest BCUT2D eigenvalue weighted by Crippen LogP contribution is 2.25. The molecule has 1 saturated carbocycles. The first-order valence-corrected chi connectivity index (χ1v) is 6.42. The van der Waals surface area contributed by atoms with Crippen molar-refractivity contribution in [3.63, 3.8) is 0 Å². The molecule has 1 aromatic heterocycles. The molecule has 1 aliphatic rings. The molecular weight excluding hydrogens is 228 g/mol. The molecule has 18 heavy (non-hydrogen) atoms. The van der Waals surface area contributed by atoms with E-state index in [1.165, 1.54) is 0 Å². The molecule has 5 nitrogen and oxygen atoms in total. The number of nitrogens with one attached hydrogen (secondary N) is 3. The van der Waals surface area contributed by atoms with Crippen LogP contribution in [0.1, 0.15) is 25.7 Å². The van der Waals surface area contributed by atoms with E-state index in [0.29, 0.717) is 6.04 Å². The second kappa shape index (κ2) is 6.47. The molecule has 3 N–H and O–H groups in total. The summed E-state index contributed by atoms with van der Waals surface area (Å²) in [5, 5.41) is 2.94. The van der Waals surface area contributed by atoms with Crippen molar-refractivity contribution >= 4 is 11.6 Å². The van der Waals surface area contributed by atoms with E-state index in [0.717, 1.165) is 31.4 Å². The van der Waals surface area contributed by atoms with Gasteiger partial charge in [0.25, 0.3) is 0 Å². The second-order valence-electron chi connectivity index (χ2n) is 4.67. The van der Waals surface area contributed by atoms with E-state index in [1.54, 1.807) is 12.4 Å². The lowest BCUT2D eigenvalue weighted by Crippen LogP contribution is -2.42. The van der Waals surface area contributed by atoms with Crippen molar-refractivity contribution in [2.45, 2.75) is 31.7 Å². The fourth-order valence-electron chi connectivity index (χ4n) is 2.38.